The number of rotatable bonds is 6. The largest absolute Gasteiger partial charge is 0.454 e. The van der Waals surface area contributed by atoms with E-state index in [0.717, 1.165) is 12.5 Å². The van der Waals surface area contributed by atoms with Gasteiger partial charge in [-0.3, -0.25) is 9.52 Å². The van der Waals surface area contributed by atoms with Gasteiger partial charge in [-0.15, -0.1) is 0 Å². The van der Waals surface area contributed by atoms with Crippen LogP contribution in [0.2, 0.25) is 10.0 Å². The van der Waals surface area contributed by atoms with Crippen LogP contribution in [0.5, 0.6) is 11.5 Å². The number of halogens is 2. The van der Waals surface area contributed by atoms with E-state index in [0.29, 0.717) is 5.56 Å². The summed E-state index contributed by atoms with van der Waals surface area (Å²) in [5.41, 5.74) is 0.458. The average molecular weight is 452 g/mol. The molecule has 2 aromatic carbocycles. The van der Waals surface area contributed by atoms with Crippen molar-refractivity contribution in [2.24, 2.45) is 0 Å². The number of benzene rings is 2. The monoisotopic (exact) mass is 451 g/mol. The number of nitrogens with one attached hydrogen (secondary N) is 1. The smallest absolute Gasteiger partial charge is 0.237 e. The van der Waals surface area contributed by atoms with Crippen LogP contribution in [0.1, 0.15) is 5.56 Å². The summed E-state index contributed by atoms with van der Waals surface area (Å²) in [5.74, 6) is -0.361. The molecule has 2 aromatic rings. The van der Waals surface area contributed by atoms with Gasteiger partial charge < -0.3 is 4.74 Å². The third-order valence-electron chi connectivity index (χ3n) is 3.21. The maximum Gasteiger partial charge on any atom is 0.237 e. The molecule has 0 aliphatic carbocycles. The molecule has 0 aliphatic rings. The Bertz CT molecular complexity index is 1100. The van der Waals surface area contributed by atoms with E-state index in [1.54, 1.807) is 6.07 Å². The number of ether oxygens (including phenoxy) is 1. The van der Waals surface area contributed by atoms with Gasteiger partial charge >= 0.3 is 0 Å². The molecule has 0 spiro atoms. The molecule has 0 aromatic heterocycles. The van der Waals surface area contributed by atoms with Crippen molar-refractivity contribution in [3.8, 4) is 11.5 Å². The van der Waals surface area contributed by atoms with E-state index in [4.69, 9.17) is 27.9 Å². The Hall–Kier alpha value is -1.81. The van der Waals surface area contributed by atoms with Gasteiger partial charge in [-0.25, -0.2) is 16.8 Å². The third kappa shape index (κ3) is 6.39. The molecule has 2 rings (SSSR count). The summed E-state index contributed by atoms with van der Waals surface area (Å²) in [6.45, 7) is 0. The van der Waals surface area contributed by atoms with Crippen molar-refractivity contribution in [1.82, 2.24) is 4.72 Å². The Labute approximate surface area is 167 Å². The van der Waals surface area contributed by atoms with Crippen LogP contribution in [-0.4, -0.2) is 35.3 Å². The lowest BCUT2D eigenvalue weighted by Crippen LogP contribution is -2.30. The van der Waals surface area contributed by atoms with Gasteiger partial charge in [-0.2, -0.15) is 0 Å². The molecule has 0 saturated heterocycles. The predicted octanol–water partition coefficient (Wildman–Crippen LogP) is 2.81. The van der Waals surface area contributed by atoms with Crippen molar-refractivity contribution in [2.45, 2.75) is 11.3 Å². The van der Waals surface area contributed by atoms with Crippen LogP contribution < -0.4 is 9.46 Å². The molecule has 0 aliphatic heterocycles. The van der Waals surface area contributed by atoms with Crippen LogP contribution in [0.15, 0.2) is 41.3 Å². The van der Waals surface area contributed by atoms with E-state index in [9.17, 15) is 21.6 Å². The van der Waals surface area contributed by atoms with E-state index >= 15 is 0 Å². The molecule has 7 nitrogen and oxygen atoms in total. The Morgan fingerprint density at radius 2 is 1.63 bits per heavy atom. The molecule has 27 heavy (non-hydrogen) atoms. The van der Waals surface area contributed by atoms with E-state index in [2.05, 4.69) is 0 Å². The summed E-state index contributed by atoms with van der Waals surface area (Å²) in [4.78, 5) is 11.8. The van der Waals surface area contributed by atoms with Gasteiger partial charge in [-0.1, -0.05) is 29.3 Å². The molecule has 146 valence electrons. The second-order valence-corrected chi connectivity index (χ2v) is 10.3. The molecule has 0 heterocycles. The second kappa shape index (κ2) is 8.05. The van der Waals surface area contributed by atoms with Crippen LogP contribution in [0.4, 0.5) is 0 Å². The van der Waals surface area contributed by atoms with E-state index in [1.807, 2.05) is 4.72 Å². The molecule has 0 fully saturated rings. The van der Waals surface area contributed by atoms with E-state index in [1.165, 1.54) is 30.3 Å². The quantitative estimate of drug-likeness (QED) is 0.723. The molecule has 0 bridgehead atoms. The van der Waals surface area contributed by atoms with Gasteiger partial charge in [0.1, 0.15) is 11.5 Å². The summed E-state index contributed by atoms with van der Waals surface area (Å²) in [6.07, 6.45) is 1.73. The zero-order chi connectivity index (χ0) is 20.4. The molecular weight excluding hydrogens is 437 g/mol. The van der Waals surface area contributed by atoms with Crippen molar-refractivity contribution >= 4 is 49.0 Å². The minimum atomic E-state index is -3.66. The van der Waals surface area contributed by atoms with Crippen molar-refractivity contribution in [2.75, 3.05) is 12.5 Å². The first-order chi connectivity index (χ1) is 12.3. The molecular formula is C16H15Cl2NO6S2. The van der Waals surface area contributed by atoms with Gasteiger partial charge in [0, 0.05) is 6.26 Å². The minimum Gasteiger partial charge on any atom is -0.454 e. The Balaban J connectivity index is 2.26. The fourth-order valence-corrected chi connectivity index (χ4v) is 3.65. The third-order valence-corrected chi connectivity index (χ3v) is 5.53. The minimum absolute atomic E-state index is 0.0390. The maximum atomic E-state index is 11.7. The highest BCUT2D eigenvalue weighted by atomic mass is 35.5. The number of carbonyl (C=O) groups is 1. The van der Waals surface area contributed by atoms with Gasteiger partial charge in [-0.05, 0) is 35.9 Å². The second-order valence-electron chi connectivity index (χ2n) is 5.71. The van der Waals surface area contributed by atoms with Gasteiger partial charge in [0.2, 0.25) is 15.9 Å². The van der Waals surface area contributed by atoms with Crippen LogP contribution in [0.3, 0.4) is 0 Å². The average Bonchev–Trinajstić information content (AvgIpc) is 2.49. The summed E-state index contributed by atoms with van der Waals surface area (Å²) < 4.78 is 52.8. The molecule has 0 radical (unpaired) electrons. The van der Waals surface area contributed by atoms with E-state index in [-0.39, 0.29) is 32.9 Å². The molecule has 0 atom stereocenters. The van der Waals surface area contributed by atoms with Gasteiger partial charge in [0.25, 0.3) is 0 Å². The predicted molar refractivity (Wildman–Crippen MR) is 103 cm³/mol. The van der Waals surface area contributed by atoms with Crippen molar-refractivity contribution < 1.29 is 26.4 Å². The lowest BCUT2D eigenvalue weighted by atomic mass is 10.1. The first kappa shape index (κ1) is 21.5. The Morgan fingerprint density at radius 1 is 0.963 bits per heavy atom. The normalized spacial score (nSPS) is 11.9. The molecule has 1 N–H and O–H groups in total. The number of amides is 1. The van der Waals surface area contributed by atoms with Crippen LogP contribution in [-0.2, 0) is 31.1 Å². The molecule has 11 heteroatoms. The molecule has 0 unspecified atom stereocenters. The summed E-state index contributed by atoms with van der Waals surface area (Å²) >= 11 is 12.2. The SMILES string of the molecule is CS(=O)(=O)NC(=O)Cc1ccc(Cl)c(Oc2ccc(S(C)(=O)=O)cc2Cl)c1. The molecule has 1 amide bonds. The van der Waals surface area contributed by atoms with Crippen LogP contribution in [0, 0.1) is 0 Å². The lowest BCUT2D eigenvalue weighted by Gasteiger charge is -2.12. The summed E-state index contributed by atoms with van der Waals surface area (Å²) in [6, 6.07) is 8.48. The number of hydrogen-bond donors (Lipinski definition) is 1. The lowest BCUT2D eigenvalue weighted by molar-refractivity contribution is -0.118. The highest BCUT2D eigenvalue weighted by molar-refractivity contribution is 7.90. The number of hydrogen-bond acceptors (Lipinski definition) is 6. The topological polar surface area (TPSA) is 107 Å². The zero-order valence-electron chi connectivity index (χ0n) is 14.2. The standard InChI is InChI=1S/C16H15Cl2NO6S2/c1-26(21,22)11-4-6-14(13(18)9-11)25-15-7-10(3-5-12(15)17)8-16(20)19-27(2,23)24/h3-7,9H,8H2,1-2H3,(H,19,20). The first-order valence-corrected chi connectivity index (χ1v) is 11.9. The van der Waals surface area contributed by atoms with Gasteiger partial charge in [0.15, 0.2) is 9.84 Å². The Morgan fingerprint density at radius 3 is 2.19 bits per heavy atom. The Kier molecular flexibility index (Phi) is 6.41. The fourth-order valence-electron chi connectivity index (χ4n) is 2.08. The zero-order valence-corrected chi connectivity index (χ0v) is 17.3. The van der Waals surface area contributed by atoms with Gasteiger partial charge in [0.05, 0.1) is 27.6 Å². The van der Waals surface area contributed by atoms with Crippen LogP contribution in [0.25, 0.3) is 0 Å². The first-order valence-electron chi connectivity index (χ1n) is 7.31. The summed E-state index contributed by atoms with van der Waals surface area (Å²) in [5, 5.41) is 0.291. The van der Waals surface area contributed by atoms with Crippen molar-refractivity contribution in [1.29, 1.82) is 0 Å². The van der Waals surface area contributed by atoms with Crippen LogP contribution >= 0.6 is 23.2 Å². The highest BCUT2D eigenvalue weighted by Gasteiger charge is 2.14. The fraction of sp³-hybridized carbons (Fsp3) is 0.188. The van der Waals surface area contributed by atoms with E-state index < -0.39 is 25.8 Å². The summed E-state index contributed by atoms with van der Waals surface area (Å²) in [7, 11) is -7.07. The van der Waals surface area contributed by atoms with Crippen molar-refractivity contribution in [3.05, 3.63) is 52.0 Å². The maximum absolute atomic E-state index is 11.7. The number of sulfonamides is 1. The molecule has 0 saturated carbocycles. The number of carbonyl (C=O) groups excluding carboxylic acids is 1. The highest BCUT2D eigenvalue weighted by Crippen LogP contribution is 2.35. The van der Waals surface area contributed by atoms with Crippen molar-refractivity contribution in [3.63, 3.8) is 0 Å². The number of sulfone groups is 1.